The fourth-order valence-corrected chi connectivity index (χ4v) is 3.70. The van der Waals surface area contributed by atoms with Gasteiger partial charge < -0.3 is 15.4 Å². The van der Waals surface area contributed by atoms with Crippen LogP contribution in [0.5, 0.6) is 6.01 Å². The van der Waals surface area contributed by atoms with Crippen LogP contribution in [0, 0.1) is 0 Å². The molecule has 21 heavy (non-hydrogen) atoms. The SMILES string of the molecule is CCCNc1nc(NC2CCCC2SCC)nc(OC)n1. The molecular formula is C14H25N5OS. The third-order valence-corrected chi connectivity index (χ3v) is 4.80. The molecule has 0 saturated heterocycles. The molecule has 1 aliphatic rings. The zero-order valence-electron chi connectivity index (χ0n) is 13.1. The number of aromatic nitrogens is 3. The summed E-state index contributed by atoms with van der Waals surface area (Å²) in [6.45, 7) is 5.15. The summed E-state index contributed by atoms with van der Waals surface area (Å²) in [5.74, 6) is 2.32. The summed E-state index contributed by atoms with van der Waals surface area (Å²) < 4.78 is 5.17. The monoisotopic (exact) mass is 311 g/mol. The van der Waals surface area contributed by atoms with Crippen LogP contribution in [0.15, 0.2) is 0 Å². The van der Waals surface area contributed by atoms with Crippen molar-refractivity contribution in [3.63, 3.8) is 0 Å². The number of nitrogens with one attached hydrogen (secondary N) is 2. The zero-order valence-corrected chi connectivity index (χ0v) is 13.9. The van der Waals surface area contributed by atoms with Gasteiger partial charge in [-0.25, -0.2) is 0 Å². The maximum absolute atomic E-state index is 5.17. The first-order chi connectivity index (χ1) is 10.3. The highest BCUT2D eigenvalue weighted by atomic mass is 32.2. The van der Waals surface area contributed by atoms with Crippen LogP contribution in [-0.2, 0) is 0 Å². The molecule has 2 atom stereocenters. The van der Waals surface area contributed by atoms with E-state index in [9.17, 15) is 0 Å². The van der Waals surface area contributed by atoms with E-state index in [1.165, 1.54) is 19.3 Å². The minimum Gasteiger partial charge on any atom is -0.467 e. The minimum absolute atomic E-state index is 0.351. The van der Waals surface area contributed by atoms with Crippen LogP contribution in [-0.4, -0.2) is 45.7 Å². The molecule has 2 N–H and O–H groups in total. The number of thioether (sulfide) groups is 1. The molecule has 0 radical (unpaired) electrons. The van der Waals surface area contributed by atoms with E-state index in [2.05, 4.69) is 39.4 Å². The Morgan fingerprint density at radius 1 is 1.19 bits per heavy atom. The standard InChI is InChI=1S/C14H25N5OS/c1-4-9-15-12-17-13(19-14(18-12)20-3)16-10-7-6-8-11(10)21-5-2/h10-11H,4-9H2,1-3H3,(H2,15,16,17,18,19). The lowest BCUT2D eigenvalue weighted by atomic mass is 10.2. The van der Waals surface area contributed by atoms with Crippen molar-refractivity contribution in [3.8, 4) is 6.01 Å². The van der Waals surface area contributed by atoms with Gasteiger partial charge in [-0.05, 0) is 25.0 Å². The molecule has 6 nitrogen and oxygen atoms in total. The Bertz CT molecular complexity index is 445. The number of nitrogens with zero attached hydrogens (tertiary/aromatic N) is 3. The molecular weight excluding hydrogens is 286 g/mol. The first kappa shape index (κ1) is 16.1. The molecule has 2 unspecified atom stereocenters. The number of ether oxygens (including phenoxy) is 1. The average Bonchev–Trinajstić information content (AvgIpc) is 2.92. The number of methoxy groups -OCH3 is 1. The highest BCUT2D eigenvalue weighted by molar-refractivity contribution is 7.99. The Morgan fingerprint density at radius 2 is 2.00 bits per heavy atom. The van der Waals surface area contributed by atoms with Gasteiger partial charge in [-0.3, -0.25) is 0 Å². The summed E-state index contributed by atoms with van der Waals surface area (Å²) >= 11 is 2.01. The molecule has 1 fully saturated rings. The summed E-state index contributed by atoms with van der Waals surface area (Å²) in [5.41, 5.74) is 0. The molecule has 0 amide bonds. The van der Waals surface area contributed by atoms with Crippen LogP contribution in [0.25, 0.3) is 0 Å². The first-order valence-corrected chi connectivity index (χ1v) is 8.73. The largest absolute Gasteiger partial charge is 0.467 e. The summed E-state index contributed by atoms with van der Waals surface area (Å²) in [4.78, 5) is 13.0. The second-order valence-electron chi connectivity index (χ2n) is 5.07. The van der Waals surface area contributed by atoms with Crippen molar-refractivity contribution in [1.82, 2.24) is 15.0 Å². The highest BCUT2D eigenvalue weighted by Gasteiger charge is 2.27. The van der Waals surface area contributed by atoms with Gasteiger partial charge in [-0.1, -0.05) is 20.3 Å². The van der Waals surface area contributed by atoms with Crippen LogP contribution in [0.3, 0.4) is 0 Å². The van der Waals surface area contributed by atoms with Crippen molar-refractivity contribution < 1.29 is 4.74 Å². The molecule has 2 rings (SSSR count). The molecule has 118 valence electrons. The molecule has 0 aliphatic heterocycles. The van der Waals surface area contributed by atoms with E-state index in [4.69, 9.17) is 4.74 Å². The average molecular weight is 311 g/mol. The lowest BCUT2D eigenvalue weighted by Crippen LogP contribution is -2.27. The first-order valence-electron chi connectivity index (χ1n) is 7.68. The zero-order chi connectivity index (χ0) is 15.1. The second-order valence-corrected chi connectivity index (χ2v) is 6.59. The van der Waals surface area contributed by atoms with Crippen LogP contribution in [0.2, 0.25) is 0 Å². The Kier molecular flexibility index (Phi) is 6.35. The van der Waals surface area contributed by atoms with E-state index in [1.807, 2.05) is 11.8 Å². The number of anilines is 2. The Hall–Kier alpha value is -1.24. The quantitative estimate of drug-likeness (QED) is 0.765. The van der Waals surface area contributed by atoms with Gasteiger partial charge in [0.05, 0.1) is 7.11 Å². The van der Waals surface area contributed by atoms with Crippen molar-refractivity contribution in [2.45, 2.75) is 50.8 Å². The molecule has 1 aliphatic carbocycles. The van der Waals surface area contributed by atoms with Crippen molar-refractivity contribution in [2.75, 3.05) is 30.0 Å². The van der Waals surface area contributed by atoms with Gasteiger partial charge in [0.1, 0.15) is 0 Å². The van der Waals surface area contributed by atoms with E-state index < -0.39 is 0 Å². The molecule has 0 aromatic carbocycles. The lowest BCUT2D eigenvalue weighted by molar-refractivity contribution is 0.379. The topological polar surface area (TPSA) is 72.0 Å². The van der Waals surface area contributed by atoms with Crippen LogP contribution in [0.4, 0.5) is 11.9 Å². The van der Waals surface area contributed by atoms with Gasteiger partial charge in [0, 0.05) is 17.8 Å². The molecule has 7 heteroatoms. The van der Waals surface area contributed by atoms with E-state index in [0.717, 1.165) is 18.7 Å². The normalized spacial score (nSPS) is 21.3. The number of hydrogen-bond donors (Lipinski definition) is 2. The Labute approximate surface area is 130 Å². The predicted octanol–water partition coefficient (Wildman–Crippen LogP) is 2.79. The summed E-state index contributed by atoms with van der Waals surface area (Å²) in [6, 6.07) is 0.782. The van der Waals surface area contributed by atoms with Crippen LogP contribution in [0.1, 0.15) is 39.5 Å². The molecule has 1 aromatic heterocycles. The maximum Gasteiger partial charge on any atom is 0.322 e. The van der Waals surface area contributed by atoms with Crippen LogP contribution < -0.4 is 15.4 Å². The van der Waals surface area contributed by atoms with Crippen molar-refractivity contribution in [2.24, 2.45) is 0 Å². The van der Waals surface area contributed by atoms with Gasteiger partial charge in [0.2, 0.25) is 11.9 Å². The molecule has 0 bridgehead atoms. The Morgan fingerprint density at radius 3 is 2.71 bits per heavy atom. The lowest BCUT2D eigenvalue weighted by Gasteiger charge is -2.20. The van der Waals surface area contributed by atoms with Gasteiger partial charge >= 0.3 is 6.01 Å². The summed E-state index contributed by atoms with van der Waals surface area (Å²) in [7, 11) is 1.58. The second kappa shape index (κ2) is 8.26. The maximum atomic E-state index is 5.17. The fraction of sp³-hybridized carbons (Fsp3) is 0.786. The summed E-state index contributed by atoms with van der Waals surface area (Å²) in [6.07, 6.45) is 4.72. The third-order valence-electron chi connectivity index (χ3n) is 3.48. The highest BCUT2D eigenvalue weighted by Crippen LogP contribution is 2.31. The van der Waals surface area contributed by atoms with Gasteiger partial charge in [-0.15, -0.1) is 0 Å². The van der Waals surface area contributed by atoms with Crippen LogP contribution >= 0.6 is 11.8 Å². The number of hydrogen-bond acceptors (Lipinski definition) is 7. The van der Waals surface area contributed by atoms with E-state index >= 15 is 0 Å². The third kappa shape index (κ3) is 4.62. The van der Waals surface area contributed by atoms with E-state index in [-0.39, 0.29) is 0 Å². The van der Waals surface area contributed by atoms with Crippen molar-refractivity contribution in [3.05, 3.63) is 0 Å². The minimum atomic E-state index is 0.351. The van der Waals surface area contributed by atoms with E-state index in [1.54, 1.807) is 7.11 Å². The smallest absolute Gasteiger partial charge is 0.322 e. The molecule has 1 heterocycles. The van der Waals surface area contributed by atoms with Crippen molar-refractivity contribution >= 4 is 23.7 Å². The molecule has 1 saturated carbocycles. The molecule has 1 aromatic rings. The predicted molar refractivity (Wildman–Crippen MR) is 88.3 cm³/mol. The number of rotatable bonds is 8. The van der Waals surface area contributed by atoms with Crippen molar-refractivity contribution in [1.29, 1.82) is 0 Å². The van der Waals surface area contributed by atoms with Gasteiger partial charge in [-0.2, -0.15) is 26.7 Å². The van der Waals surface area contributed by atoms with Gasteiger partial charge in [0.15, 0.2) is 0 Å². The summed E-state index contributed by atoms with van der Waals surface area (Å²) in [5, 5.41) is 7.29. The van der Waals surface area contributed by atoms with Gasteiger partial charge in [0.25, 0.3) is 0 Å². The Balaban J connectivity index is 2.07. The molecule has 0 spiro atoms. The fourth-order valence-electron chi connectivity index (χ4n) is 2.50. The van der Waals surface area contributed by atoms with E-state index in [0.29, 0.717) is 29.2 Å².